The van der Waals surface area contributed by atoms with Gasteiger partial charge in [0.05, 0.1) is 6.61 Å². The van der Waals surface area contributed by atoms with Gasteiger partial charge in [0.1, 0.15) is 5.75 Å². The quantitative estimate of drug-likeness (QED) is 0.250. The number of guanidine groups is 1. The van der Waals surface area contributed by atoms with E-state index in [1.165, 1.54) is 18.5 Å². The van der Waals surface area contributed by atoms with E-state index in [4.69, 9.17) is 4.74 Å². The Balaban J connectivity index is 0.00000364. The average molecular weight is 488 g/mol. The zero-order valence-corrected chi connectivity index (χ0v) is 19.7. The zero-order chi connectivity index (χ0) is 18.8. The fourth-order valence-electron chi connectivity index (χ4n) is 3.53. The van der Waals surface area contributed by atoms with Crippen LogP contribution in [0.25, 0.3) is 0 Å². The van der Waals surface area contributed by atoms with Crippen molar-refractivity contribution in [3.05, 3.63) is 29.8 Å². The van der Waals surface area contributed by atoms with Crippen molar-refractivity contribution in [3.8, 4) is 5.75 Å². The number of ether oxygens (including phenoxy) is 1. The van der Waals surface area contributed by atoms with Crippen LogP contribution < -0.4 is 10.1 Å². The summed E-state index contributed by atoms with van der Waals surface area (Å²) >= 11 is 0. The molecule has 1 saturated heterocycles. The number of hydrogen-bond acceptors (Lipinski definition) is 3. The number of nitrogens with one attached hydrogen (secondary N) is 1. The van der Waals surface area contributed by atoms with E-state index < -0.39 is 0 Å². The molecule has 5 nitrogen and oxygen atoms in total. The molecular formula is C21H37IN4O. The number of nitrogens with zero attached hydrogens (tertiary/aromatic N) is 3. The van der Waals surface area contributed by atoms with Crippen molar-refractivity contribution >= 4 is 29.9 Å². The standard InChI is InChI=1S/C21H36N4O.HI/c1-5-24(6-2)16-19-12-14-25(17-19)21(22-4)23-13-9-15-26-20-11-8-7-10-18(20)3;/h7-8,10-11,19H,5-6,9,12-17H2,1-4H3,(H,22,23);1H. The summed E-state index contributed by atoms with van der Waals surface area (Å²) in [7, 11) is 1.88. The monoisotopic (exact) mass is 488 g/mol. The summed E-state index contributed by atoms with van der Waals surface area (Å²) in [6.45, 7) is 13.9. The second-order valence-corrected chi connectivity index (χ2v) is 7.03. The van der Waals surface area contributed by atoms with Gasteiger partial charge in [0.15, 0.2) is 5.96 Å². The number of para-hydroxylation sites is 1. The van der Waals surface area contributed by atoms with E-state index in [9.17, 15) is 0 Å². The van der Waals surface area contributed by atoms with Crippen LogP contribution in [-0.4, -0.2) is 68.7 Å². The Hall–Kier alpha value is -1.02. The number of aliphatic imine (C=N–C) groups is 1. The third-order valence-corrected chi connectivity index (χ3v) is 5.16. The first-order chi connectivity index (χ1) is 12.7. The van der Waals surface area contributed by atoms with Gasteiger partial charge in [-0.15, -0.1) is 24.0 Å². The molecule has 1 aromatic rings. The van der Waals surface area contributed by atoms with Gasteiger partial charge in [-0.25, -0.2) is 0 Å². The van der Waals surface area contributed by atoms with Crippen LogP contribution in [0.4, 0.5) is 0 Å². The van der Waals surface area contributed by atoms with Crippen LogP contribution in [0.15, 0.2) is 29.3 Å². The summed E-state index contributed by atoms with van der Waals surface area (Å²) in [5.74, 6) is 2.76. The zero-order valence-electron chi connectivity index (χ0n) is 17.4. The lowest BCUT2D eigenvalue weighted by atomic mass is 10.1. The number of hydrogen-bond donors (Lipinski definition) is 1. The molecule has 1 N–H and O–H groups in total. The highest BCUT2D eigenvalue weighted by Crippen LogP contribution is 2.18. The first kappa shape index (κ1) is 24.0. The molecule has 1 aliphatic heterocycles. The Kier molecular flexibility index (Phi) is 11.7. The Morgan fingerprint density at radius 2 is 2.04 bits per heavy atom. The van der Waals surface area contributed by atoms with Crippen molar-refractivity contribution in [2.75, 3.05) is 52.9 Å². The van der Waals surface area contributed by atoms with Crippen molar-refractivity contribution in [1.29, 1.82) is 0 Å². The molecule has 0 aliphatic carbocycles. The van der Waals surface area contributed by atoms with E-state index in [2.05, 4.69) is 46.9 Å². The van der Waals surface area contributed by atoms with Gasteiger partial charge < -0.3 is 19.9 Å². The maximum Gasteiger partial charge on any atom is 0.193 e. The van der Waals surface area contributed by atoms with Gasteiger partial charge in [0, 0.05) is 33.2 Å². The van der Waals surface area contributed by atoms with Crippen LogP contribution in [0.2, 0.25) is 0 Å². The van der Waals surface area contributed by atoms with E-state index in [0.717, 1.165) is 63.4 Å². The molecule has 2 rings (SSSR count). The van der Waals surface area contributed by atoms with Gasteiger partial charge in [-0.3, -0.25) is 4.99 Å². The first-order valence-electron chi connectivity index (χ1n) is 10.0. The molecule has 0 amide bonds. The second kappa shape index (κ2) is 13.2. The number of rotatable bonds is 9. The van der Waals surface area contributed by atoms with Crippen LogP contribution >= 0.6 is 24.0 Å². The van der Waals surface area contributed by atoms with E-state index in [1.807, 2.05) is 25.2 Å². The van der Waals surface area contributed by atoms with E-state index >= 15 is 0 Å². The van der Waals surface area contributed by atoms with Crippen molar-refractivity contribution in [1.82, 2.24) is 15.1 Å². The molecule has 1 aromatic carbocycles. The molecule has 1 heterocycles. The molecular weight excluding hydrogens is 451 g/mol. The lowest BCUT2D eigenvalue weighted by molar-refractivity contribution is 0.255. The molecule has 0 aromatic heterocycles. The van der Waals surface area contributed by atoms with E-state index in [1.54, 1.807) is 0 Å². The Morgan fingerprint density at radius 3 is 2.70 bits per heavy atom. The van der Waals surface area contributed by atoms with Crippen LogP contribution in [0, 0.1) is 12.8 Å². The normalized spacial score (nSPS) is 17.1. The Bertz CT molecular complexity index is 563. The van der Waals surface area contributed by atoms with Gasteiger partial charge in [-0.05, 0) is 50.4 Å². The Labute approximate surface area is 182 Å². The van der Waals surface area contributed by atoms with E-state index in [-0.39, 0.29) is 24.0 Å². The van der Waals surface area contributed by atoms with Crippen LogP contribution in [0.3, 0.4) is 0 Å². The third-order valence-electron chi connectivity index (χ3n) is 5.16. The molecule has 0 radical (unpaired) electrons. The van der Waals surface area contributed by atoms with Gasteiger partial charge in [-0.1, -0.05) is 32.0 Å². The molecule has 0 bridgehead atoms. The minimum absolute atomic E-state index is 0. The lowest BCUT2D eigenvalue weighted by Gasteiger charge is -2.24. The van der Waals surface area contributed by atoms with Crippen molar-refractivity contribution < 1.29 is 4.74 Å². The molecule has 1 aliphatic rings. The summed E-state index contributed by atoms with van der Waals surface area (Å²) in [4.78, 5) is 9.39. The molecule has 154 valence electrons. The molecule has 27 heavy (non-hydrogen) atoms. The topological polar surface area (TPSA) is 40.1 Å². The summed E-state index contributed by atoms with van der Waals surface area (Å²) in [6, 6.07) is 8.17. The molecule has 0 saturated carbocycles. The van der Waals surface area contributed by atoms with Gasteiger partial charge >= 0.3 is 0 Å². The van der Waals surface area contributed by atoms with Crippen LogP contribution in [0.5, 0.6) is 5.75 Å². The second-order valence-electron chi connectivity index (χ2n) is 7.03. The largest absolute Gasteiger partial charge is 0.493 e. The van der Waals surface area contributed by atoms with Crippen LogP contribution in [-0.2, 0) is 0 Å². The van der Waals surface area contributed by atoms with Crippen LogP contribution in [0.1, 0.15) is 32.3 Å². The lowest BCUT2D eigenvalue weighted by Crippen LogP contribution is -2.41. The maximum absolute atomic E-state index is 5.86. The minimum atomic E-state index is 0. The fourth-order valence-corrected chi connectivity index (χ4v) is 3.53. The summed E-state index contributed by atoms with van der Waals surface area (Å²) in [5, 5.41) is 3.50. The predicted octanol–water partition coefficient (Wildman–Crippen LogP) is 3.62. The molecule has 1 atom stereocenters. The van der Waals surface area contributed by atoms with Gasteiger partial charge in [0.2, 0.25) is 0 Å². The number of likely N-dealkylation sites (tertiary alicyclic amines) is 1. The predicted molar refractivity (Wildman–Crippen MR) is 126 cm³/mol. The minimum Gasteiger partial charge on any atom is -0.493 e. The highest BCUT2D eigenvalue weighted by Gasteiger charge is 2.25. The average Bonchev–Trinajstić information content (AvgIpc) is 3.12. The Morgan fingerprint density at radius 1 is 1.30 bits per heavy atom. The highest BCUT2D eigenvalue weighted by atomic mass is 127. The smallest absolute Gasteiger partial charge is 0.193 e. The third kappa shape index (κ3) is 7.86. The number of halogens is 1. The summed E-state index contributed by atoms with van der Waals surface area (Å²) in [5.41, 5.74) is 1.19. The number of benzene rings is 1. The molecule has 1 unspecified atom stereocenters. The maximum atomic E-state index is 5.86. The van der Waals surface area contributed by atoms with Crippen molar-refractivity contribution in [3.63, 3.8) is 0 Å². The van der Waals surface area contributed by atoms with Gasteiger partial charge in [-0.2, -0.15) is 0 Å². The van der Waals surface area contributed by atoms with Crippen molar-refractivity contribution in [2.45, 2.75) is 33.6 Å². The number of aryl methyl sites for hydroxylation is 1. The van der Waals surface area contributed by atoms with Crippen molar-refractivity contribution in [2.24, 2.45) is 10.9 Å². The molecule has 0 spiro atoms. The molecule has 6 heteroatoms. The first-order valence-corrected chi connectivity index (χ1v) is 10.0. The fraction of sp³-hybridized carbons (Fsp3) is 0.667. The van der Waals surface area contributed by atoms with E-state index in [0.29, 0.717) is 0 Å². The SMILES string of the molecule is CCN(CC)CC1CCN(C(=NC)NCCCOc2ccccc2C)C1.I. The summed E-state index contributed by atoms with van der Waals surface area (Å²) in [6.07, 6.45) is 2.22. The van der Waals surface area contributed by atoms with Gasteiger partial charge in [0.25, 0.3) is 0 Å². The highest BCUT2D eigenvalue weighted by molar-refractivity contribution is 14.0. The molecule has 1 fully saturated rings. The summed E-state index contributed by atoms with van der Waals surface area (Å²) < 4.78 is 5.86.